The second-order valence-corrected chi connectivity index (χ2v) is 7.53. The van der Waals surface area contributed by atoms with Crippen LogP contribution in [0, 0.1) is 0 Å². The summed E-state index contributed by atoms with van der Waals surface area (Å²) in [6, 6.07) is 5.61. The fourth-order valence-corrected chi connectivity index (χ4v) is 4.40. The van der Waals surface area contributed by atoms with Gasteiger partial charge in [-0.15, -0.1) is 0 Å². The Morgan fingerprint density at radius 3 is 2.22 bits per heavy atom. The van der Waals surface area contributed by atoms with Crippen LogP contribution >= 0.6 is 0 Å². The van der Waals surface area contributed by atoms with Gasteiger partial charge in [-0.25, -0.2) is 4.79 Å². The van der Waals surface area contributed by atoms with Crippen LogP contribution < -0.4 is 5.32 Å². The largest absolute Gasteiger partial charge is 0.327 e. The number of nitrogens with zero attached hydrogens (tertiary/aromatic N) is 2. The number of hydrogen-bond donors (Lipinski definition) is 1. The monoisotopic (exact) mass is 371 g/mol. The average Bonchev–Trinajstić information content (AvgIpc) is 2.85. The van der Waals surface area contributed by atoms with Crippen molar-refractivity contribution >= 4 is 23.5 Å². The smallest absolute Gasteiger partial charge is 0.324 e. The van der Waals surface area contributed by atoms with E-state index in [-0.39, 0.29) is 24.4 Å². The lowest BCUT2D eigenvalue weighted by Crippen LogP contribution is -2.49. The quantitative estimate of drug-likeness (QED) is 0.807. The number of urea groups is 1. The number of anilines is 1. The molecule has 0 aromatic heterocycles. The molecule has 1 aliphatic carbocycles. The van der Waals surface area contributed by atoms with Gasteiger partial charge in [0.1, 0.15) is 12.1 Å². The molecule has 3 rings (SSSR count). The van der Waals surface area contributed by atoms with Crippen LogP contribution in [0.4, 0.5) is 10.5 Å². The van der Waals surface area contributed by atoms with E-state index in [1.54, 1.807) is 11.9 Å². The van der Waals surface area contributed by atoms with Gasteiger partial charge in [-0.2, -0.15) is 0 Å². The van der Waals surface area contributed by atoms with Gasteiger partial charge in [0.15, 0.2) is 0 Å². The summed E-state index contributed by atoms with van der Waals surface area (Å²) < 4.78 is 0. The molecule has 146 valence electrons. The van der Waals surface area contributed by atoms with Gasteiger partial charge in [0, 0.05) is 12.7 Å². The molecule has 6 nitrogen and oxygen atoms in total. The predicted octanol–water partition coefficient (Wildman–Crippen LogP) is 3.35. The highest BCUT2D eigenvalue weighted by atomic mass is 16.2. The summed E-state index contributed by atoms with van der Waals surface area (Å²) >= 11 is 0. The number of aryl methyl sites for hydroxylation is 2. The van der Waals surface area contributed by atoms with E-state index in [2.05, 4.69) is 5.32 Å². The Kier molecular flexibility index (Phi) is 5.53. The number of hydrogen-bond acceptors (Lipinski definition) is 3. The summed E-state index contributed by atoms with van der Waals surface area (Å²) in [7, 11) is 1.69. The van der Waals surface area contributed by atoms with E-state index in [1.165, 1.54) is 0 Å². The minimum absolute atomic E-state index is 0.218. The molecule has 0 unspecified atom stereocenters. The molecule has 1 aromatic carbocycles. The van der Waals surface area contributed by atoms with E-state index >= 15 is 0 Å². The third kappa shape index (κ3) is 3.33. The lowest BCUT2D eigenvalue weighted by molar-refractivity contribution is -0.136. The van der Waals surface area contributed by atoms with Gasteiger partial charge >= 0.3 is 6.03 Å². The average molecular weight is 371 g/mol. The molecule has 1 saturated heterocycles. The Hall–Kier alpha value is -2.37. The van der Waals surface area contributed by atoms with E-state index in [9.17, 15) is 14.4 Å². The van der Waals surface area contributed by atoms with Gasteiger partial charge in [-0.3, -0.25) is 14.5 Å². The molecule has 1 aromatic rings. The number of nitrogens with one attached hydrogen (secondary N) is 1. The van der Waals surface area contributed by atoms with Crippen molar-refractivity contribution in [2.45, 2.75) is 64.3 Å². The van der Waals surface area contributed by atoms with Gasteiger partial charge in [0.25, 0.3) is 5.91 Å². The molecular formula is C21H29N3O3. The first-order valence-electron chi connectivity index (χ1n) is 9.95. The van der Waals surface area contributed by atoms with Crippen LogP contribution in [0.2, 0.25) is 0 Å². The van der Waals surface area contributed by atoms with Crippen LogP contribution in [0.1, 0.15) is 57.1 Å². The predicted molar refractivity (Wildman–Crippen MR) is 105 cm³/mol. The minimum atomic E-state index is -0.745. The third-order valence-corrected chi connectivity index (χ3v) is 6.05. The number of imide groups is 1. The van der Waals surface area contributed by atoms with Gasteiger partial charge in [-0.05, 0) is 36.8 Å². The van der Waals surface area contributed by atoms with Crippen LogP contribution in [-0.2, 0) is 22.4 Å². The maximum Gasteiger partial charge on any atom is 0.327 e. The lowest BCUT2D eigenvalue weighted by atomic mass is 9.81. The fourth-order valence-electron chi connectivity index (χ4n) is 4.40. The zero-order valence-corrected chi connectivity index (χ0v) is 16.5. The fraction of sp³-hybridized carbons (Fsp3) is 0.571. The highest BCUT2D eigenvalue weighted by Gasteiger charge is 2.55. The van der Waals surface area contributed by atoms with Crippen molar-refractivity contribution in [2.75, 3.05) is 18.9 Å². The number of para-hydroxylation sites is 1. The van der Waals surface area contributed by atoms with E-state index in [0.29, 0.717) is 12.8 Å². The Morgan fingerprint density at radius 2 is 1.67 bits per heavy atom. The zero-order chi connectivity index (χ0) is 19.6. The van der Waals surface area contributed by atoms with Crippen LogP contribution in [0.5, 0.6) is 0 Å². The van der Waals surface area contributed by atoms with Crippen molar-refractivity contribution in [2.24, 2.45) is 0 Å². The van der Waals surface area contributed by atoms with Gasteiger partial charge < -0.3 is 10.2 Å². The van der Waals surface area contributed by atoms with E-state index in [0.717, 1.165) is 53.8 Å². The molecule has 0 radical (unpaired) electrons. The molecule has 4 amide bonds. The molecule has 27 heavy (non-hydrogen) atoms. The Balaban J connectivity index is 1.77. The standard InChI is InChI=1S/C21H29N3O3/c1-4-15-10-9-11-16(5-2)18(15)22-17(25)14-24-19(26)21(23(3)20(24)27)12-7-6-8-13-21/h9-11H,4-8,12-14H2,1-3H3,(H,22,25). The van der Waals surface area contributed by atoms with Gasteiger partial charge in [0.2, 0.25) is 5.91 Å². The van der Waals surface area contributed by atoms with Crippen molar-refractivity contribution in [3.05, 3.63) is 29.3 Å². The number of carbonyl (C=O) groups is 3. The van der Waals surface area contributed by atoms with Crippen molar-refractivity contribution in [1.29, 1.82) is 0 Å². The van der Waals surface area contributed by atoms with Crippen LogP contribution in [0.25, 0.3) is 0 Å². The second kappa shape index (κ2) is 7.71. The number of carbonyl (C=O) groups excluding carboxylic acids is 3. The summed E-state index contributed by atoms with van der Waals surface area (Å²) in [5.41, 5.74) is 2.18. The first-order chi connectivity index (χ1) is 12.9. The maximum absolute atomic E-state index is 13.0. The molecule has 1 saturated carbocycles. The SMILES string of the molecule is CCc1cccc(CC)c1NC(=O)CN1C(=O)N(C)C2(CCCCC2)C1=O. The van der Waals surface area contributed by atoms with E-state index in [4.69, 9.17) is 0 Å². The van der Waals surface area contributed by atoms with Crippen molar-refractivity contribution in [3.63, 3.8) is 0 Å². The number of benzene rings is 1. The summed E-state index contributed by atoms with van der Waals surface area (Å²) in [6.07, 6.45) is 5.94. The summed E-state index contributed by atoms with van der Waals surface area (Å²) in [5, 5.41) is 2.95. The Bertz CT molecular complexity index is 731. The second-order valence-electron chi connectivity index (χ2n) is 7.53. The van der Waals surface area contributed by atoms with Gasteiger partial charge in [-0.1, -0.05) is 51.3 Å². The third-order valence-electron chi connectivity index (χ3n) is 6.05. The lowest BCUT2D eigenvalue weighted by Gasteiger charge is -2.35. The normalized spacial score (nSPS) is 19.1. The van der Waals surface area contributed by atoms with Crippen LogP contribution in [0.3, 0.4) is 0 Å². The summed E-state index contributed by atoms with van der Waals surface area (Å²) in [4.78, 5) is 41.1. The molecule has 1 N–H and O–H groups in total. The van der Waals surface area contributed by atoms with Gasteiger partial charge in [0.05, 0.1) is 0 Å². The van der Waals surface area contributed by atoms with Crippen molar-refractivity contribution in [1.82, 2.24) is 9.80 Å². The molecule has 1 aliphatic heterocycles. The highest BCUT2D eigenvalue weighted by Crippen LogP contribution is 2.39. The first kappa shape index (κ1) is 19.4. The van der Waals surface area contributed by atoms with Crippen LogP contribution in [0.15, 0.2) is 18.2 Å². The highest BCUT2D eigenvalue weighted by molar-refractivity contribution is 6.10. The van der Waals surface area contributed by atoms with Crippen LogP contribution in [-0.4, -0.2) is 46.8 Å². The zero-order valence-electron chi connectivity index (χ0n) is 16.5. The number of likely N-dealkylation sites (N-methyl/N-ethyl adjacent to an activating group) is 1. The van der Waals surface area contributed by atoms with Crippen molar-refractivity contribution in [3.8, 4) is 0 Å². The van der Waals surface area contributed by atoms with Crippen molar-refractivity contribution < 1.29 is 14.4 Å². The van der Waals surface area contributed by atoms with E-state index in [1.807, 2.05) is 32.0 Å². The topological polar surface area (TPSA) is 69.7 Å². The Labute approximate surface area is 160 Å². The maximum atomic E-state index is 13.0. The summed E-state index contributed by atoms with van der Waals surface area (Å²) in [5.74, 6) is -0.544. The number of amides is 4. The van der Waals surface area contributed by atoms with E-state index < -0.39 is 5.54 Å². The molecule has 0 bridgehead atoms. The molecule has 1 heterocycles. The molecule has 1 spiro atoms. The molecule has 2 aliphatic rings. The first-order valence-corrected chi connectivity index (χ1v) is 9.95. The summed E-state index contributed by atoms with van der Waals surface area (Å²) in [6.45, 7) is 3.85. The Morgan fingerprint density at radius 1 is 1.07 bits per heavy atom. The molecular weight excluding hydrogens is 342 g/mol. The molecule has 6 heteroatoms. The minimum Gasteiger partial charge on any atom is -0.324 e. The number of rotatable bonds is 5. The molecule has 2 fully saturated rings. The molecule has 0 atom stereocenters.